The summed E-state index contributed by atoms with van der Waals surface area (Å²) in [5.74, 6) is -1.77. The quantitative estimate of drug-likeness (QED) is 0.342. The van der Waals surface area contributed by atoms with Gasteiger partial charge in [-0.2, -0.15) is 0 Å². The summed E-state index contributed by atoms with van der Waals surface area (Å²) in [7, 11) is 0. The van der Waals surface area contributed by atoms with Gasteiger partial charge < -0.3 is 10.4 Å². The molecule has 0 radical (unpaired) electrons. The highest BCUT2D eigenvalue weighted by atomic mass is 16.4. The largest absolute Gasteiger partial charge is 0.480 e. The molecule has 1 atom stereocenters. The van der Waals surface area contributed by atoms with Crippen LogP contribution in [0.15, 0.2) is 30.3 Å². The summed E-state index contributed by atoms with van der Waals surface area (Å²) in [5, 5.41) is 11.8. The summed E-state index contributed by atoms with van der Waals surface area (Å²) in [5.41, 5.74) is 0.455. The van der Waals surface area contributed by atoms with Crippen molar-refractivity contribution in [1.29, 1.82) is 0 Å². The van der Waals surface area contributed by atoms with Gasteiger partial charge in [-0.15, -0.1) is 0 Å². The molecule has 1 amide bonds. The number of aliphatic carboxylic acids is 1. The zero-order valence-corrected chi connectivity index (χ0v) is 16.4. The second-order valence-electron chi connectivity index (χ2n) is 7.03. The van der Waals surface area contributed by atoms with Crippen molar-refractivity contribution >= 4 is 17.7 Å². The lowest BCUT2D eigenvalue weighted by Gasteiger charge is -2.14. The lowest BCUT2D eigenvalue weighted by Crippen LogP contribution is -2.42. The van der Waals surface area contributed by atoms with Gasteiger partial charge in [0.2, 0.25) is 5.91 Å². The molecule has 27 heavy (non-hydrogen) atoms. The highest BCUT2D eigenvalue weighted by Crippen LogP contribution is 2.11. The van der Waals surface area contributed by atoms with Gasteiger partial charge in [-0.05, 0) is 6.42 Å². The molecule has 0 spiro atoms. The van der Waals surface area contributed by atoms with E-state index >= 15 is 0 Å². The fraction of sp³-hybridized carbons (Fsp3) is 0.591. The van der Waals surface area contributed by atoms with E-state index in [4.69, 9.17) is 0 Å². The van der Waals surface area contributed by atoms with Gasteiger partial charge in [-0.1, -0.05) is 88.6 Å². The van der Waals surface area contributed by atoms with E-state index in [2.05, 4.69) is 12.2 Å². The molecule has 0 aliphatic carbocycles. The number of carbonyl (C=O) groups is 3. The van der Waals surface area contributed by atoms with Gasteiger partial charge >= 0.3 is 5.97 Å². The number of nitrogens with one attached hydrogen (secondary N) is 1. The van der Waals surface area contributed by atoms with Crippen LogP contribution in [0.2, 0.25) is 0 Å². The van der Waals surface area contributed by atoms with Gasteiger partial charge in [0.05, 0.1) is 0 Å². The lowest BCUT2D eigenvalue weighted by molar-refractivity contribution is -0.141. The third-order valence-corrected chi connectivity index (χ3v) is 4.63. The van der Waals surface area contributed by atoms with Crippen molar-refractivity contribution in [2.75, 3.05) is 0 Å². The van der Waals surface area contributed by atoms with Gasteiger partial charge in [0.25, 0.3) is 0 Å². The molecule has 0 saturated carbocycles. The van der Waals surface area contributed by atoms with Crippen molar-refractivity contribution < 1.29 is 19.5 Å². The molecule has 1 aromatic carbocycles. The Labute approximate surface area is 162 Å². The molecule has 0 fully saturated rings. The number of Topliss-reactive ketones (excluding diaryl/α,β-unsaturated/α-hetero) is 1. The van der Waals surface area contributed by atoms with Crippen molar-refractivity contribution in [1.82, 2.24) is 5.32 Å². The normalized spacial score (nSPS) is 11.7. The van der Waals surface area contributed by atoms with E-state index < -0.39 is 12.0 Å². The van der Waals surface area contributed by atoms with E-state index in [1.807, 2.05) is 0 Å². The molecule has 0 saturated heterocycles. The molecule has 1 rings (SSSR count). The summed E-state index contributed by atoms with van der Waals surface area (Å²) in [6.07, 6.45) is 10.5. The number of carboxylic acids is 1. The molecule has 0 aliphatic heterocycles. The van der Waals surface area contributed by atoms with Gasteiger partial charge in [0, 0.05) is 18.4 Å². The first kappa shape index (κ1) is 22.9. The first-order valence-corrected chi connectivity index (χ1v) is 10.1. The maximum absolute atomic E-state index is 12.2. The molecular weight excluding hydrogens is 342 g/mol. The number of amides is 1. The molecule has 0 unspecified atom stereocenters. The number of hydrogen-bond acceptors (Lipinski definition) is 3. The first-order valence-electron chi connectivity index (χ1n) is 10.1. The Kier molecular flexibility index (Phi) is 11.8. The molecule has 0 aliphatic rings. The lowest BCUT2D eigenvalue weighted by atomic mass is 10.0. The minimum Gasteiger partial charge on any atom is -0.480 e. The van der Waals surface area contributed by atoms with Crippen LogP contribution in [0, 0.1) is 0 Å². The highest BCUT2D eigenvalue weighted by molar-refractivity contribution is 5.99. The molecule has 2 N–H and O–H groups in total. The van der Waals surface area contributed by atoms with E-state index in [1.54, 1.807) is 30.3 Å². The van der Waals surface area contributed by atoms with Crippen molar-refractivity contribution in [3.05, 3.63) is 35.9 Å². The smallest absolute Gasteiger partial charge is 0.326 e. The van der Waals surface area contributed by atoms with Gasteiger partial charge in [0.1, 0.15) is 6.04 Å². The number of hydrogen-bond donors (Lipinski definition) is 2. The monoisotopic (exact) mass is 375 g/mol. The Morgan fingerprint density at radius 1 is 0.889 bits per heavy atom. The number of unbranched alkanes of at least 4 members (excludes halogenated alkanes) is 8. The van der Waals surface area contributed by atoms with Crippen LogP contribution >= 0.6 is 0 Å². The van der Waals surface area contributed by atoms with E-state index in [0.29, 0.717) is 12.0 Å². The average molecular weight is 376 g/mol. The van der Waals surface area contributed by atoms with Crippen LogP contribution in [0.5, 0.6) is 0 Å². The van der Waals surface area contributed by atoms with Crippen LogP contribution < -0.4 is 5.32 Å². The SMILES string of the molecule is CCCCCCCCCCCC(=O)N[C@H](CC(=O)c1ccccc1)C(=O)O. The summed E-state index contributed by atoms with van der Waals surface area (Å²) >= 11 is 0. The Bertz CT molecular complexity index is 571. The molecule has 5 nitrogen and oxygen atoms in total. The second kappa shape index (κ2) is 14.0. The Hall–Kier alpha value is -2.17. The van der Waals surface area contributed by atoms with Crippen molar-refractivity contribution in [2.24, 2.45) is 0 Å². The van der Waals surface area contributed by atoms with Gasteiger partial charge in [-0.3, -0.25) is 9.59 Å². The fourth-order valence-corrected chi connectivity index (χ4v) is 2.99. The number of benzene rings is 1. The molecule has 0 heterocycles. The third-order valence-electron chi connectivity index (χ3n) is 4.63. The van der Waals surface area contributed by atoms with Crippen molar-refractivity contribution in [3.63, 3.8) is 0 Å². The standard InChI is InChI=1S/C22H33NO4/c1-2-3-4-5-6-7-8-9-13-16-21(25)23-19(22(26)27)17-20(24)18-14-11-10-12-15-18/h10-12,14-15,19H,2-9,13,16-17H2,1H3,(H,23,25)(H,26,27)/t19-/m1/s1. The van der Waals surface area contributed by atoms with E-state index in [1.165, 1.54) is 38.5 Å². The predicted molar refractivity (Wildman–Crippen MR) is 107 cm³/mol. The van der Waals surface area contributed by atoms with Crippen molar-refractivity contribution in [3.8, 4) is 0 Å². The van der Waals surface area contributed by atoms with Gasteiger partial charge in [0.15, 0.2) is 5.78 Å². The number of carboxylic acid groups (broad SMARTS) is 1. The maximum Gasteiger partial charge on any atom is 0.326 e. The van der Waals surface area contributed by atoms with Crippen LogP contribution in [-0.4, -0.2) is 28.8 Å². The molecule has 0 aromatic heterocycles. The summed E-state index contributed by atoms with van der Waals surface area (Å²) in [6.45, 7) is 2.21. The summed E-state index contributed by atoms with van der Waals surface area (Å²) < 4.78 is 0. The Morgan fingerprint density at radius 2 is 1.44 bits per heavy atom. The van der Waals surface area contributed by atoms with E-state index in [-0.39, 0.29) is 18.1 Å². The van der Waals surface area contributed by atoms with Crippen LogP contribution in [0.4, 0.5) is 0 Å². The first-order chi connectivity index (χ1) is 13.0. The molecule has 1 aromatic rings. The molecule has 5 heteroatoms. The minimum atomic E-state index is -1.18. The number of carbonyl (C=O) groups excluding carboxylic acids is 2. The van der Waals surface area contributed by atoms with Crippen LogP contribution in [0.25, 0.3) is 0 Å². The average Bonchev–Trinajstić information content (AvgIpc) is 2.66. The van der Waals surface area contributed by atoms with E-state index in [9.17, 15) is 19.5 Å². The topological polar surface area (TPSA) is 83.5 Å². The van der Waals surface area contributed by atoms with Gasteiger partial charge in [-0.25, -0.2) is 4.79 Å². The van der Waals surface area contributed by atoms with E-state index in [0.717, 1.165) is 19.3 Å². The highest BCUT2D eigenvalue weighted by Gasteiger charge is 2.23. The Morgan fingerprint density at radius 3 is 2.00 bits per heavy atom. The summed E-state index contributed by atoms with van der Waals surface area (Å²) in [6, 6.07) is 7.36. The van der Waals surface area contributed by atoms with Crippen LogP contribution in [0.3, 0.4) is 0 Å². The second-order valence-corrected chi connectivity index (χ2v) is 7.03. The van der Waals surface area contributed by atoms with Crippen molar-refractivity contribution in [2.45, 2.75) is 83.6 Å². The summed E-state index contributed by atoms with van der Waals surface area (Å²) in [4.78, 5) is 35.5. The fourth-order valence-electron chi connectivity index (χ4n) is 2.99. The zero-order chi connectivity index (χ0) is 19.9. The zero-order valence-electron chi connectivity index (χ0n) is 16.4. The van der Waals surface area contributed by atoms with Crippen LogP contribution in [-0.2, 0) is 9.59 Å². The molecule has 0 bridgehead atoms. The molecular formula is C22H33NO4. The maximum atomic E-state index is 12.2. The Balaban J connectivity index is 2.23. The predicted octanol–water partition coefficient (Wildman–Crippen LogP) is 4.75. The minimum absolute atomic E-state index is 0.233. The third kappa shape index (κ3) is 10.5. The number of rotatable bonds is 15. The molecule has 150 valence electrons. The number of ketones is 1. The van der Waals surface area contributed by atoms with Crippen LogP contribution in [0.1, 0.15) is 87.9 Å².